The number of carbonyl (C=O) groups excluding carboxylic acids is 2. The van der Waals surface area contributed by atoms with Crippen molar-refractivity contribution in [3.8, 4) is 0 Å². The van der Waals surface area contributed by atoms with Gasteiger partial charge in [0, 0.05) is 24.2 Å². The zero-order valence-corrected chi connectivity index (χ0v) is 12.4. The van der Waals surface area contributed by atoms with Gasteiger partial charge in [0.05, 0.1) is 7.11 Å². The molecule has 5 nitrogen and oxygen atoms in total. The summed E-state index contributed by atoms with van der Waals surface area (Å²) in [7, 11) is 1.36. The molecule has 3 rings (SSSR count). The van der Waals surface area contributed by atoms with Crippen LogP contribution in [0, 0.1) is 0 Å². The van der Waals surface area contributed by atoms with E-state index in [4.69, 9.17) is 9.15 Å². The topological polar surface area (TPSA) is 59.8 Å². The molecule has 0 spiro atoms. The lowest BCUT2D eigenvalue weighted by atomic mass is 10.2. The maximum atomic E-state index is 12.5. The van der Waals surface area contributed by atoms with Crippen LogP contribution in [-0.4, -0.2) is 48.0 Å². The largest absolute Gasteiger partial charge is 0.468 e. The molecule has 1 amide bonds. The van der Waals surface area contributed by atoms with Gasteiger partial charge in [-0.15, -0.1) is 11.8 Å². The van der Waals surface area contributed by atoms with E-state index in [9.17, 15) is 9.59 Å². The molecule has 2 aromatic rings. The Balaban J connectivity index is 1.79. The molecule has 1 aromatic carbocycles. The van der Waals surface area contributed by atoms with Crippen LogP contribution in [0.15, 0.2) is 34.7 Å². The summed E-state index contributed by atoms with van der Waals surface area (Å²) in [5.41, 5.74) is 0.691. The van der Waals surface area contributed by atoms with Gasteiger partial charge >= 0.3 is 5.97 Å². The fraction of sp³-hybridized carbons (Fsp3) is 0.333. The van der Waals surface area contributed by atoms with Crippen LogP contribution >= 0.6 is 11.8 Å². The number of benzene rings is 1. The number of carbonyl (C=O) groups is 2. The highest BCUT2D eigenvalue weighted by Crippen LogP contribution is 2.24. The molecule has 1 aliphatic heterocycles. The van der Waals surface area contributed by atoms with Gasteiger partial charge < -0.3 is 14.1 Å². The van der Waals surface area contributed by atoms with Crippen molar-refractivity contribution in [1.29, 1.82) is 0 Å². The van der Waals surface area contributed by atoms with Crippen molar-refractivity contribution in [2.45, 2.75) is 5.25 Å². The quantitative estimate of drug-likeness (QED) is 0.796. The molecule has 1 aliphatic rings. The van der Waals surface area contributed by atoms with Crippen molar-refractivity contribution >= 4 is 34.6 Å². The Hall–Kier alpha value is -1.95. The molecular weight excluding hydrogens is 290 g/mol. The minimum atomic E-state index is -0.322. The van der Waals surface area contributed by atoms with Crippen molar-refractivity contribution < 1.29 is 18.7 Å². The first-order chi connectivity index (χ1) is 10.2. The lowest BCUT2D eigenvalue weighted by Crippen LogP contribution is -2.44. The van der Waals surface area contributed by atoms with E-state index >= 15 is 0 Å². The standard InChI is InChI=1S/C15H15NO4S/c1-19-15(18)13-9-16(6-7-21-13)14(17)12-8-10-4-2-3-5-11(10)20-12/h2-5,8,13H,6-7,9H2,1H3/t13-/m0/s1. The van der Waals surface area contributed by atoms with Crippen molar-refractivity contribution in [3.05, 3.63) is 36.1 Å². The predicted octanol–water partition coefficient (Wildman–Crippen LogP) is 2.16. The van der Waals surface area contributed by atoms with Crippen LogP contribution in [0.3, 0.4) is 0 Å². The van der Waals surface area contributed by atoms with Crippen molar-refractivity contribution in [3.63, 3.8) is 0 Å². The average molecular weight is 305 g/mol. The Bertz CT molecular complexity index is 648. The van der Waals surface area contributed by atoms with Crippen molar-refractivity contribution in [1.82, 2.24) is 4.90 Å². The van der Waals surface area contributed by atoms with Crippen LogP contribution in [0.5, 0.6) is 0 Å². The summed E-state index contributed by atoms with van der Waals surface area (Å²) in [4.78, 5) is 25.8. The summed E-state index contributed by atoms with van der Waals surface area (Å²) in [6.45, 7) is 0.960. The number of para-hydroxylation sites is 1. The first-order valence-electron chi connectivity index (χ1n) is 6.66. The summed E-state index contributed by atoms with van der Waals surface area (Å²) in [6, 6.07) is 9.24. The fourth-order valence-electron chi connectivity index (χ4n) is 2.35. The summed E-state index contributed by atoms with van der Waals surface area (Å²) in [5.74, 6) is 0.556. The second-order valence-corrected chi connectivity index (χ2v) is 6.09. The third-order valence-corrected chi connectivity index (χ3v) is 4.62. The van der Waals surface area contributed by atoms with Crippen LogP contribution in [0.25, 0.3) is 11.0 Å². The van der Waals surface area contributed by atoms with Gasteiger partial charge in [-0.1, -0.05) is 18.2 Å². The maximum Gasteiger partial charge on any atom is 0.320 e. The van der Waals surface area contributed by atoms with E-state index in [0.29, 0.717) is 30.2 Å². The number of rotatable bonds is 2. The van der Waals surface area contributed by atoms with Gasteiger partial charge in [0.15, 0.2) is 5.76 Å². The molecular formula is C15H15NO4S. The number of ether oxygens (including phenoxy) is 1. The summed E-state index contributed by atoms with van der Waals surface area (Å²) in [6.07, 6.45) is 0. The molecule has 110 valence electrons. The summed E-state index contributed by atoms with van der Waals surface area (Å²) >= 11 is 1.52. The number of hydrogen-bond acceptors (Lipinski definition) is 5. The monoisotopic (exact) mass is 305 g/mol. The van der Waals surface area contributed by atoms with E-state index in [1.165, 1.54) is 18.9 Å². The van der Waals surface area contributed by atoms with Gasteiger partial charge in [0.1, 0.15) is 10.8 Å². The van der Waals surface area contributed by atoms with Gasteiger partial charge in [-0.25, -0.2) is 0 Å². The molecule has 6 heteroatoms. The highest BCUT2D eigenvalue weighted by Gasteiger charge is 2.31. The molecule has 1 saturated heterocycles. The molecule has 21 heavy (non-hydrogen) atoms. The SMILES string of the molecule is COC(=O)[C@@H]1CN(C(=O)c2cc3ccccc3o2)CCS1. The third-order valence-electron chi connectivity index (χ3n) is 3.45. The molecule has 0 N–H and O–H groups in total. The molecule has 0 saturated carbocycles. The predicted molar refractivity (Wildman–Crippen MR) is 80.4 cm³/mol. The van der Waals surface area contributed by atoms with Crippen LogP contribution in [-0.2, 0) is 9.53 Å². The average Bonchev–Trinajstić information content (AvgIpc) is 2.97. The Morgan fingerprint density at radius 2 is 2.19 bits per heavy atom. The number of thioether (sulfide) groups is 1. The number of methoxy groups -OCH3 is 1. The lowest BCUT2D eigenvalue weighted by molar-refractivity contribution is -0.140. The summed E-state index contributed by atoms with van der Waals surface area (Å²) < 4.78 is 10.3. The first kappa shape index (κ1) is 14.0. The maximum absolute atomic E-state index is 12.5. The van der Waals surface area contributed by atoms with Gasteiger partial charge in [-0.05, 0) is 12.1 Å². The second kappa shape index (κ2) is 5.81. The zero-order chi connectivity index (χ0) is 14.8. The van der Waals surface area contributed by atoms with Crippen LogP contribution in [0.4, 0.5) is 0 Å². The van der Waals surface area contributed by atoms with Crippen molar-refractivity contribution in [2.24, 2.45) is 0 Å². The fourth-order valence-corrected chi connectivity index (χ4v) is 3.48. The van der Waals surface area contributed by atoms with E-state index < -0.39 is 0 Å². The van der Waals surface area contributed by atoms with E-state index in [1.807, 2.05) is 24.3 Å². The Morgan fingerprint density at radius 1 is 1.38 bits per heavy atom. The van der Waals surface area contributed by atoms with E-state index in [2.05, 4.69) is 0 Å². The van der Waals surface area contributed by atoms with E-state index in [-0.39, 0.29) is 17.1 Å². The van der Waals surface area contributed by atoms with Gasteiger partial charge in [-0.3, -0.25) is 9.59 Å². The Kier molecular flexibility index (Phi) is 3.88. The molecule has 1 aromatic heterocycles. The van der Waals surface area contributed by atoms with E-state index in [0.717, 1.165) is 5.39 Å². The number of hydrogen-bond donors (Lipinski definition) is 0. The van der Waals surface area contributed by atoms with Crippen LogP contribution in [0.1, 0.15) is 10.6 Å². The van der Waals surface area contributed by atoms with E-state index in [1.54, 1.807) is 11.0 Å². The highest BCUT2D eigenvalue weighted by atomic mass is 32.2. The number of amides is 1. The first-order valence-corrected chi connectivity index (χ1v) is 7.71. The summed E-state index contributed by atoms with van der Waals surface area (Å²) in [5, 5.41) is 0.578. The number of furan rings is 1. The van der Waals surface area contributed by atoms with Crippen molar-refractivity contribution in [2.75, 3.05) is 26.0 Å². The van der Waals surface area contributed by atoms with Gasteiger partial charge in [0.25, 0.3) is 5.91 Å². The second-order valence-electron chi connectivity index (χ2n) is 4.78. The zero-order valence-electron chi connectivity index (χ0n) is 11.6. The van der Waals surface area contributed by atoms with Gasteiger partial charge in [0.2, 0.25) is 0 Å². The molecule has 0 radical (unpaired) electrons. The molecule has 2 heterocycles. The smallest absolute Gasteiger partial charge is 0.320 e. The van der Waals surface area contributed by atoms with Crippen LogP contribution < -0.4 is 0 Å². The molecule has 1 atom stereocenters. The molecule has 0 aliphatic carbocycles. The van der Waals surface area contributed by atoms with Gasteiger partial charge in [-0.2, -0.15) is 0 Å². The normalized spacial score (nSPS) is 18.7. The number of esters is 1. The minimum absolute atomic E-state index is 0.180. The number of nitrogens with zero attached hydrogens (tertiary/aromatic N) is 1. The third kappa shape index (κ3) is 2.76. The highest BCUT2D eigenvalue weighted by molar-refractivity contribution is 8.00. The minimum Gasteiger partial charge on any atom is -0.468 e. The van der Waals surface area contributed by atoms with Crippen LogP contribution in [0.2, 0.25) is 0 Å². The number of fused-ring (bicyclic) bond motifs is 1. The Morgan fingerprint density at radius 3 is 2.95 bits per heavy atom. The molecule has 0 unspecified atom stereocenters. The lowest BCUT2D eigenvalue weighted by Gasteiger charge is -2.30. The molecule has 1 fully saturated rings. The molecule has 0 bridgehead atoms. The Labute approximate surface area is 126 Å².